The van der Waals surface area contributed by atoms with E-state index in [4.69, 9.17) is 0 Å². The molecule has 13 heavy (non-hydrogen) atoms. The first-order valence-corrected chi connectivity index (χ1v) is 5.40. The van der Waals surface area contributed by atoms with Gasteiger partial charge in [-0.25, -0.2) is 0 Å². The number of allylic oxidation sites excluding steroid dienone is 1. The lowest BCUT2D eigenvalue weighted by Crippen LogP contribution is -2.17. The average Bonchev–Trinajstić information content (AvgIpc) is 2.15. The van der Waals surface area contributed by atoms with Crippen molar-refractivity contribution in [2.75, 3.05) is 0 Å². The van der Waals surface area contributed by atoms with Crippen LogP contribution in [0.4, 0.5) is 0 Å². The largest absolute Gasteiger partial charge is 0.269 e. The summed E-state index contributed by atoms with van der Waals surface area (Å²) in [7, 11) is 0. The van der Waals surface area contributed by atoms with Gasteiger partial charge in [-0.1, -0.05) is 31.8 Å². The quantitative estimate of drug-likeness (QED) is 0.572. The minimum atomic E-state index is 0.789. The predicted octanol–water partition coefficient (Wildman–Crippen LogP) is 3.81. The maximum Gasteiger partial charge on any atom is 0.0255 e. The molecule has 1 heteroatoms. The molecule has 0 spiro atoms. The van der Waals surface area contributed by atoms with Crippen molar-refractivity contribution in [2.45, 2.75) is 46.5 Å². The Hall–Kier alpha value is -0.590. The van der Waals surface area contributed by atoms with Gasteiger partial charge in [-0.15, -0.1) is 0 Å². The van der Waals surface area contributed by atoms with Crippen molar-refractivity contribution in [3.05, 3.63) is 11.8 Å². The Labute approximate surface area is 82.0 Å². The molecule has 0 N–H and O–H groups in total. The Bertz CT molecular complexity index is 203. The van der Waals surface area contributed by atoms with E-state index in [1.807, 2.05) is 19.3 Å². The maximum atomic E-state index is 4.19. The first-order chi connectivity index (χ1) is 6.25. The van der Waals surface area contributed by atoms with Crippen molar-refractivity contribution in [3.63, 3.8) is 0 Å². The molecule has 2 atom stereocenters. The lowest BCUT2D eigenvalue weighted by Gasteiger charge is -2.29. The highest BCUT2D eigenvalue weighted by molar-refractivity contribution is 5.54. The molecule has 1 aliphatic carbocycles. The summed E-state index contributed by atoms with van der Waals surface area (Å²) in [5.74, 6) is 1.65. The van der Waals surface area contributed by atoms with Crippen LogP contribution in [0, 0.1) is 11.8 Å². The minimum absolute atomic E-state index is 0.789. The molecule has 0 saturated heterocycles. The first kappa shape index (κ1) is 10.5. The van der Waals surface area contributed by atoms with E-state index in [2.05, 4.69) is 18.8 Å². The summed E-state index contributed by atoms with van der Waals surface area (Å²) >= 11 is 0. The molecule has 0 aliphatic heterocycles. The van der Waals surface area contributed by atoms with Gasteiger partial charge in [0.15, 0.2) is 0 Å². The number of rotatable bonds is 2. The summed E-state index contributed by atoms with van der Waals surface area (Å²) in [6.45, 7) is 6.56. The second-order valence-electron chi connectivity index (χ2n) is 4.15. The predicted molar refractivity (Wildman–Crippen MR) is 59.0 cm³/mol. The molecule has 0 heterocycles. The fourth-order valence-corrected chi connectivity index (χ4v) is 2.28. The molecule has 74 valence electrons. The van der Waals surface area contributed by atoms with Gasteiger partial charge in [-0.2, -0.15) is 0 Å². The third kappa shape index (κ3) is 2.98. The van der Waals surface area contributed by atoms with Crippen LogP contribution in [0.15, 0.2) is 16.8 Å². The van der Waals surface area contributed by atoms with Crippen molar-refractivity contribution in [2.24, 2.45) is 16.8 Å². The van der Waals surface area contributed by atoms with E-state index >= 15 is 0 Å². The maximum absolute atomic E-state index is 4.19. The normalized spacial score (nSPS) is 31.2. The molecule has 0 radical (unpaired) electrons. The Morgan fingerprint density at radius 1 is 1.31 bits per heavy atom. The van der Waals surface area contributed by atoms with Crippen LogP contribution in [0.2, 0.25) is 0 Å². The standard InChI is InChI=1S/C12H21N/c1-4-13-9-11(3)12-8-6-5-7-10(12)2/h4,9-10,12H,5-8H2,1-3H3/b11-9+,13-4?. The Kier molecular flexibility index (Phi) is 4.20. The van der Waals surface area contributed by atoms with Crippen molar-refractivity contribution in [3.8, 4) is 0 Å². The van der Waals surface area contributed by atoms with Crippen molar-refractivity contribution in [1.82, 2.24) is 0 Å². The van der Waals surface area contributed by atoms with Gasteiger partial charge in [0.05, 0.1) is 0 Å². The molecule has 1 aliphatic rings. The van der Waals surface area contributed by atoms with Gasteiger partial charge in [0, 0.05) is 12.4 Å². The molecule has 0 bridgehead atoms. The molecular formula is C12H21N. The van der Waals surface area contributed by atoms with Gasteiger partial charge in [-0.3, -0.25) is 4.99 Å². The Morgan fingerprint density at radius 2 is 2.00 bits per heavy atom. The highest BCUT2D eigenvalue weighted by Crippen LogP contribution is 2.34. The fourth-order valence-electron chi connectivity index (χ4n) is 2.28. The van der Waals surface area contributed by atoms with Gasteiger partial charge < -0.3 is 0 Å². The summed E-state index contributed by atoms with van der Waals surface area (Å²) in [5, 5.41) is 0. The van der Waals surface area contributed by atoms with Gasteiger partial charge in [0.1, 0.15) is 0 Å². The zero-order valence-corrected chi connectivity index (χ0v) is 9.09. The highest BCUT2D eigenvalue weighted by atomic mass is 14.7. The topological polar surface area (TPSA) is 12.4 Å². The van der Waals surface area contributed by atoms with Crippen LogP contribution >= 0.6 is 0 Å². The number of aliphatic imine (C=N–C) groups is 1. The lowest BCUT2D eigenvalue weighted by atomic mass is 9.77. The van der Waals surface area contributed by atoms with Crippen molar-refractivity contribution in [1.29, 1.82) is 0 Å². The van der Waals surface area contributed by atoms with E-state index in [1.54, 1.807) is 0 Å². The van der Waals surface area contributed by atoms with Gasteiger partial charge in [0.2, 0.25) is 0 Å². The smallest absolute Gasteiger partial charge is 0.0255 e. The van der Waals surface area contributed by atoms with Gasteiger partial charge in [0.25, 0.3) is 0 Å². The van der Waals surface area contributed by atoms with Crippen LogP contribution in [-0.4, -0.2) is 6.21 Å². The monoisotopic (exact) mass is 179 g/mol. The minimum Gasteiger partial charge on any atom is -0.269 e. The molecule has 2 unspecified atom stereocenters. The fraction of sp³-hybridized carbons (Fsp3) is 0.750. The van der Waals surface area contributed by atoms with Gasteiger partial charge >= 0.3 is 0 Å². The zero-order valence-electron chi connectivity index (χ0n) is 9.09. The van der Waals surface area contributed by atoms with E-state index in [0.29, 0.717) is 0 Å². The van der Waals surface area contributed by atoms with Crippen LogP contribution < -0.4 is 0 Å². The molecular weight excluding hydrogens is 158 g/mol. The Morgan fingerprint density at radius 3 is 2.62 bits per heavy atom. The second-order valence-corrected chi connectivity index (χ2v) is 4.15. The van der Waals surface area contributed by atoms with Crippen LogP contribution in [0.1, 0.15) is 46.5 Å². The number of nitrogens with zero attached hydrogens (tertiary/aromatic N) is 1. The summed E-state index contributed by atoms with van der Waals surface area (Å²) in [5.41, 5.74) is 1.46. The molecule has 1 rings (SSSR count). The van der Waals surface area contributed by atoms with E-state index in [9.17, 15) is 0 Å². The number of hydrogen-bond acceptors (Lipinski definition) is 1. The highest BCUT2D eigenvalue weighted by Gasteiger charge is 2.22. The lowest BCUT2D eigenvalue weighted by molar-refractivity contribution is 0.293. The number of hydrogen-bond donors (Lipinski definition) is 0. The molecule has 0 aromatic heterocycles. The summed E-state index contributed by atoms with van der Waals surface area (Å²) in [4.78, 5) is 4.19. The second kappa shape index (κ2) is 5.21. The van der Waals surface area contributed by atoms with Crippen LogP contribution in [0.25, 0.3) is 0 Å². The van der Waals surface area contributed by atoms with E-state index in [1.165, 1.54) is 31.3 Å². The zero-order chi connectivity index (χ0) is 9.68. The summed E-state index contributed by atoms with van der Waals surface area (Å²) in [6.07, 6.45) is 9.47. The summed E-state index contributed by atoms with van der Waals surface area (Å²) in [6, 6.07) is 0. The van der Waals surface area contributed by atoms with Crippen molar-refractivity contribution < 1.29 is 0 Å². The molecule has 0 aromatic rings. The molecule has 0 aromatic carbocycles. The third-order valence-corrected chi connectivity index (χ3v) is 3.12. The van der Waals surface area contributed by atoms with Crippen LogP contribution in [0.5, 0.6) is 0 Å². The van der Waals surface area contributed by atoms with Crippen LogP contribution in [0.3, 0.4) is 0 Å². The average molecular weight is 179 g/mol. The van der Waals surface area contributed by atoms with E-state index < -0.39 is 0 Å². The third-order valence-electron chi connectivity index (χ3n) is 3.12. The molecule has 1 nitrogen and oxygen atoms in total. The molecule has 0 amide bonds. The first-order valence-electron chi connectivity index (χ1n) is 5.40. The summed E-state index contributed by atoms with van der Waals surface area (Å²) < 4.78 is 0. The van der Waals surface area contributed by atoms with E-state index in [-0.39, 0.29) is 0 Å². The van der Waals surface area contributed by atoms with Crippen LogP contribution in [-0.2, 0) is 0 Å². The SMILES string of the molecule is CC=N/C=C(\C)C1CCCCC1C. The molecule has 1 fully saturated rings. The molecule has 1 saturated carbocycles. The van der Waals surface area contributed by atoms with Gasteiger partial charge in [-0.05, 0) is 32.1 Å². The van der Waals surface area contributed by atoms with Crippen molar-refractivity contribution >= 4 is 6.21 Å². The van der Waals surface area contributed by atoms with E-state index in [0.717, 1.165) is 11.8 Å². The Balaban J connectivity index is 2.57.